The molecule has 1 aliphatic carbocycles. The van der Waals surface area contributed by atoms with Crippen LogP contribution in [0.2, 0.25) is 0 Å². The second-order valence-corrected chi connectivity index (χ2v) is 5.70. The van der Waals surface area contributed by atoms with Crippen LogP contribution in [0.15, 0.2) is 35.6 Å². The van der Waals surface area contributed by atoms with Gasteiger partial charge < -0.3 is 10.3 Å². The van der Waals surface area contributed by atoms with Crippen molar-refractivity contribution in [3.8, 4) is 11.3 Å². The summed E-state index contributed by atoms with van der Waals surface area (Å²) in [6.07, 6.45) is 3.87. The van der Waals surface area contributed by atoms with Crippen LogP contribution < -0.4 is 5.32 Å². The number of benzene rings is 1. The fourth-order valence-electron chi connectivity index (χ4n) is 1.78. The molecule has 6 heteroatoms. The summed E-state index contributed by atoms with van der Waals surface area (Å²) in [5.41, 5.74) is 1.68. The molecule has 20 heavy (non-hydrogen) atoms. The molecule has 1 aliphatic rings. The quantitative estimate of drug-likeness (QED) is 0.833. The van der Waals surface area contributed by atoms with Gasteiger partial charge in [-0.3, -0.25) is 4.79 Å². The minimum Gasteiger partial charge on any atom is -0.353 e. The number of hydrogen-bond donors (Lipinski definition) is 2. The van der Waals surface area contributed by atoms with Crippen molar-refractivity contribution >= 4 is 17.7 Å². The molecule has 0 spiro atoms. The first-order valence-electron chi connectivity index (χ1n) is 6.44. The van der Waals surface area contributed by atoms with Crippen LogP contribution in [0.5, 0.6) is 0 Å². The number of H-pyrrole nitrogens is 1. The van der Waals surface area contributed by atoms with E-state index in [-0.39, 0.29) is 11.7 Å². The number of halogens is 1. The lowest BCUT2D eigenvalue weighted by Crippen LogP contribution is -2.27. The molecule has 1 fully saturated rings. The number of amides is 1. The summed E-state index contributed by atoms with van der Waals surface area (Å²) in [4.78, 5) is 18.9. The number of hydrogen-bond acceptors (Lipinski definition) is 3. The van der Waals surface area contributed by atoms with Gasteiger partial charge in [-0.15, -0.1) is 0 Å². The SMILES string of the molecule is O=C(CSc1ncc(-c2ccc(F)cc2)[nH]1)NC1CC1. The van der Waals surface area contributed by atoms with Crippen molar-refractivity contribution in [1.29, 1.82) is 0 Å². The van der Waals surface area contributed by atoms with Crippen molar-refractivity contribution in [2.45, 2.75) is 24.0 Å². The predicted molar refractivity (Wildman–Crippen MR) is 75.9 cm³/mol. The van der Waals surface area contributed by atoms with Crippen LogP contribution in [0.4, 0.5) is 4.39 Å². The van der Waals surface area contributed by atoms with E-state index in [2.05, 4.69) is 15.3 Å². The van der Waals surface area contributed by atoms with E-state index in [4.69, 9.17) is 0 Å². The largest absolute Gasteiger partial charge is 0.353 e. The number of imidazole rings is 1. The summed E-state index contributed by atoms with van der Waals surface area (Å²) in [5.74, 6) is 0.129. The highest BCUT2D eigenvalue weighted by Crippen LogP contribution is 2.22. The van der Waals surface area contributed by atoms with Crippen LogP contribution in [0.3, 0.4) is 0 Å². The number of rotatable bonds is 5. The van der Waals surface area contributed by atoms with Crippen molar-refractivity contribution in [3.63, 3.8) is 0 Å². The zero-order valence-corrected chi connectivity index (χ0v) is 11.5. The van der Waals surface area contributed by atoms with Gasteiger partial charge in [-0.1, -0.05) is 11.8 Å². The lowest BCUT2D eigenvalue weighted by atomic mass is 10.2. The third-order valence-corrected chi connectivity index (χ3v) is 3.88. The topological polar surface area (TPSA) is 57.8 Å². The molecule has 4 nitrogen and oxygen atoms in total. The van der Waals surface area contributed by atoms with E-state index in [1.807, 2.05) is 0 Å². The number of nitrogens with one attached hydrogen (secondary N) is 2. The molecular formula is C14H14FN3OS. The van der Waals surface area contributed by atoms with E-state index in [0.29, 0.717) is 17.0 Å². The van der Waals surface area contributed by atoms with Gasteiger partial charge in [0, 0.05) is 6.04 Å². The Balaban J connectivity index is 1.58. The maximum absolute atomic E-state index is 12.9. The summed E-state index contributed by atoms with van der Waals surface area (Å²) in [6.45, 7) is 0. The Hall–Kier alpha value is -1.82. The van der Waals surface area contributed by atoms with E-state index in [0.717, 1.165) is 24.1 Å². The third kappa shape index (κ3) is 3.39. The number of carbonyl (C=O) groups excluding carboxylic acids is 1. The lowest BCUT2D eigenvalue weighted by molar-refractivity contribution is -0.118. The van der Waals surface area contributed by atoms with Crippen molar-refractivity contribution in [2.75, 3.05) is 5.75 Å². The van der Waals surface area contributed by atoms with Crippen LogP contribution in [0.1, 0.15) is 12.8 Å². The number of thioether (sulfide) groups is 1. The van der Waals surface area contributed by atoms with Crippen molar-refractivity contribution in [2.24, 2.45) is 0 Å². The molecule has 104 valence electrons. The standard InChI is InChI=1S/C14H14FN3OS/c15-10-3-1-9(2-4-10)12-7-16-14(18-12)20-8-13(19)17-11-5-6-11/h1-4,7,11H,5-6,8H2,(H,16,18)(H,17,19). The second-order valence-electron chi connectivity index (χ2n) is 4.74. The molecule has 3 rings (SSSR count). The first-order valence-corrected chi connectivity index (χ1v) is 7.42. The first kappa shape index (κ1) is 13.2. The Bertz CT molecular complexity index is 607. The normalized spacial score (nSPS) is 14.2. The van der Waals surface area contributed by atoms with Gasteiger partial charge in [0.15, 0.2) is 5.16 Å². The summed E-state index contributed by atoms with van der Waals surface area (Å²) < 4.78 is 12.9. The molecule has 0 unspecified atom stereocenters. The van der Waals surface area contributed by atoms with E-state index < -0.39 is 0 Å². The van der Waals surface area contributed by atoms with E-state index in [9.17, 15) is 9.18 Å². The van der Waals surface area contributed by atoms with Gasteiger partial charge in [0.05, 0.1) is 17.6 Å². The number of nitrogens with zero attached hydrogens (tertiary/aromatic N) is 1. The monoisotopic (exact) mass is 291 g/mol. The van der Waals surface area contributed by atoms with Crippen LogP contribution in [-0.4, -0.2) is 27.7 Å². The Labute approximate surface area is 120 Å². The molecule has 0 bridgehead atoms. The van der Waals surface area contributed by atoms with Crippen LogP contribution in [0.25, 0.3) is 11.3 Å². The van der Waals surface area contributed by atoms with Gasteiger partial charge in [0.2, 0.25) is 5.91 Å². The molecular weight excluding hydrogens is 277 g/mol. The molecule has 0 aliphatic heterocycles. The molecule has 1 aromatic heterocycles. The van der Waals surface area contributed by atoms with E-state index >= 15 is 0 Å². The van der Waals surface area contributed by atoms with Crippen LogP contribution >= 0.6 is 11.8 Å². The number of aromatic amines is 1. The third-order valence-electron chi connectivity index (χ3n) is 2.99. The molecule has 1 saturated carbocycles. The van der Waals surface area contributed by atoms with Crippen molar-refractivity contribution in [3.05, 3.63) is 36.3 Å². The summed E-state index contributed by atoms with van der Waals surface area (Å²) >= 11 is 1.36. The number of carbonyl (C=O) groups is 1. The molecule has 0 atom stereocenters. The van der Waals surface area contributed by atoms with E-state index in [1.165, 1.54) is 23.9 Å². The lowest BCUT2D eigenvalue weighted by Gasteiger charge is -2.01. The van der Waals surface area contributed by atoms with Gasteiger partial charge >= 0.3 is 0 Å². The zero-order valence-electron chi connectivity index (χ0n) is 10.7. The molecule has 1 amide bonds. The van der Waals surface area contributed by atoms with Gasteiger partial charge in [-0.25, -0.2) is 9.37 Å². The molecule has 1 heterocycles. The average Bonchev–Trinajstić information content (AvgIpc) is 3.12. The van der Waals surface area contributed by atoms with E-state index in [1.54, 1.807) is 18.3 Å². The van der Waals surface area contributed by atoms with Gasteiger partial charge in [-0.2, -0.15) is 0 Å². The molecule has 2 aromatic rings. The number of aromatic nitrogens is 2. The summed E-state index contributed by atoms with van der Waals surface area (Å²) in [5, 5.41) is 3.62. The zero-order chi connectivity index (χ0) is 13.9. The Morgan fingerprint density at radius 2 is 2.15 bits per heavy atom. The highest BCUT2D eigenvalue weighted by atomic mass is 32.2. The molecule has 0 radical (unpaired) electrons. The fourth-order valence-corrected chi connectivity index (χ4v) is 2.44. The maximum Gasteiger partial charge on any atom is 0.230 e. The van der Waals surface area contributed by atoms with Gasteiger partial charge in [0.25, 0.3) is 0 Å². The summed E-state index contributed by atoms with van der Waals surface area (Å²) in [7, 11) is 0. The Kier molecular flexibility index (Phi) is 3.73. The highest BCUT2D eigenvalue weighted by Gasteiger charge is 2.23. The second kappa shape index (κ2) is 5.66. The molecule has 0 saturated heterocycles. The predicted octanol–water partition coefficient (Wildman–Crippen LogP) is 2.59. The fraction of sp³-hybridized carbons (Fsp3) is 0.286. The van der Waals surface area contributed by atoms with Crippen molar-refractivity contribution < 1.29 is 9.18 Å². The van der Waals surface area contributed by atoms with Gasteiger partial charge in [0.1, 0.15) is 5.82 Å². The van der Waals surface area contributed by atoms with Gasteiger partial charge in [-0.05, 0) is 42.7 Å². The Morgan fingerprint density at radius 1 is 1.40 bits per heavy atom. The van der Waals surface area contributed by atoms with Crippen molar-refractivity contribution in [1.82, 2.24) is 15.3 Å². The first-order chi connectivity index (χ1) is 9.70. The Morgan fingerprint density at radius 3 is 2.85 bits per heavy atom. The average molecular weight is 291 g/mol. The van der Waals surface area contributed by atoms with Crippen LogP contribution in [0, 0.1) is 5.82 Å². The summed E-state index contributed by atoms with van der Waals surface area (Å²) in [6, 6.07) is 6.58. The highest BCUT2D eigenvalue weighted by molar-refractivity contribution is 7.99. The minimum atomic E-state index is -0.264. The molecule has 2 N–H and O–H groups in total. The smallest absolute Gasteiger partial charge is 0.230 e. The molecule has 1 aromatic carbocycles. The van der Waals surface area contributed by atoms with Crippen LogP contribution in [-0.2, 0) is 4.79 Å². The maximum atomic E-state index is 12.9. The minimum absolute atomic E-state index is 0.0391.